The Morgan fingerprint density at radius 2 is 0.635 bits per heavy atom. The molecule has 63 heavy (non-hydrogen) atoms. The Bertz CT molecular complexity index is 3380. The van der Waals surface area contributed by atoms with Crippen LogP contribution in [0.1, 0.15) is 0 Å². The van der Waals surface area contributed by atoms with Crippen LogP contribution in [-0.4, -0.2) is 9.13 Å². The van der Waals surface area contributed by atoms with Gasteiger partial charge in [-0.2, -0.15) is 0 Å². The molecule has 12 rings (SSSR count). The van der Waals surface area contributed by atoms with Crippen LogP contribution in [-0.2, 0) is 0 Å². The quantitative estimate of drug-likeness (QED) is 0.149. The Morgan fingerprint density at radius 3 is 1.13 bits per heavy atom. The second-order valence-corrected chi connectivity index (χ2v) is 16.2. The van der Waals surface area contributed by atoms with Crippen molar-refractivity contribution in [1.82, 2.24) is 9.13 Å². The Kier molecular flexibility index (Phi) is 8.83. The number of anilines is 3. The molecule has 0 saturated heterocycles. The molecule has 0 unspecified atom stereocenters. The highest BCUT2D eigenvalue weighted by molar-refractivity contribution is 6.11. The lowest BCUT2D eigenvalue weighted by Gasteiger charge is -2.28. The fourth-order valence-corrected chi connectivity index (χ4v) is 9.58. The summed E-state index contributed by atoms with van der Waals surface area (Å²) in [7, 11) is 0. The van der Waals surface area contributed by atoms with E-state index < -0.39 is 0 Å². The van der Waals surface area contributed by atoms with Crippen molar-refractivity contribution >= 4 is 60.7 Å². The zero-order chi connectivity index (χ0) is 41.7. The minimum absolute atomic E-state index is 1.09. The molecule has 0 N–H and O–H groups in total. The van der Waals surface area contributed by atoms with Crippen molar-refractivity contribution in [2.45, 2.75) is 0 Å². The summed E-state index contributed by atoms with van der Waals surface area (Å²) < 4.78 is 4.74. The number of nitrogens with zero attached hydrogens (tertiary/aromatic N) is 3. The molecule has 2 aromatic heterocycles. The van der Waals surface area contributed by atoms with Crippen molar-refractivity contribution in [3.63, 3.8) is 0 Å². The molecule has 0 spiro atoms. The van der Waals surface area contributed by atoms with Gasteiger partial charge in [0.05, 0.1) is 27.8 Å². The van der Waals surface area contributed by atoms with Crippen LogP contribution in [0, 0.1) is 0 Å². The molecule has 10 aromatic carbocycles. The monoisotopic (exact) mass is 803 g/mol. The van der Waals surface area contributed by atoms with E-state index in [-0.39, 0.29) is 0 Å². The first-order valence-corrected chi connectivity index (χ1v) is 21.6. The van der Waals surface area contributed by atoms with Gasteiger partial charge in [-0.05, 0) is 119 Å². The van der Waals surface area contributed by atoms with E-state index in [4.69, 9.17) is 0 Å². The summed E-state index contributed by atoms with van der Waals surface area (Å²) >= 11 is 0. The number of hydrogen-bond donors (Lipinski definition) is 0. The maximum atomic E-state index is 2.39. The maximum absolute atomic E-state index is 2.39. The molecule has 296 valence electrons. The summed E-state index contributed by atoms with van der Waals surface area (Å²) in [4.78, 5) is 2.39. The second kappa shape index (κ2) is 15.3. The number of benzene rings is 10. The van der Waals surface area contributed by atoms with Gasteiger partial charge < -0.3 is 14.0 Å². The van der Waals surface area contributed by atoms with Gasteiger partial charge in [-0.15, -0.1) is 0 Å². The van der Waals surface area contributed by atoms with Gasteiger partial charge in [0.25, 0.3) is 0 Å². The van der Waals surface area contributed by atoms with Crippen LogP contribution in [0.2, 0.25) is 0 Å². The average molecular weight is 804 g/mol. The second-order valence-electron chi connectivity index (χ2n) is 16.2. The number of fused-ring (bicyclic) bond motifs is 6. The lowest BCUT2D eigenvalue weighted by Crippen LogP contribution is -2.11. The Hall–Kier alpha value is -8.40. The molecule has 3 heteroatoms. The van der Waals surface area contributed by atoms with E-state index in [2.05, 4.69) is 263 Å². The molecule has 0 saturated carbocycles. The van der Waals surface area contributed by atoms with Gasteiger partial charge >= 0.3 is 0 Å². The van der Waals surface area contributed by atoms with E-state index in [0.29, 0.717) is 0 Å². The average Bonchev–Trinajstić information content (AvgIpc) is 3.88. The number of para-hydroxylation sites is 5. The standard InChI is InChI=1S/C60H41N3/c1-4-16-44(17-5-1)51-22-10-13-25-56(51)61(49-34-28-42(29-35-49)45-32-38-59-54(40-45)52-23-11-14-26-57(52)62(59)47-18-6-2-7-19-47)50-36-30-43(31-37-50)46-33-39-60-55(41-46)53-24-12-15-27-58(53)63(60)48-20-8-3-9-21-48/h1-41H. The maximum Gasteiger partial charge on any atom is 0.0541 e. The Balaban J connectivity index is 0.944. The summed E-state index contributed by atoms with van der Waals surface area (Å²) in [5.41, 5.74) is 17.5. The van der Waals surface area contributed by atoms with Crippen LogP contribution in [0.4, 0.5) is 17.1 Å². The van der Waals surface area contributed by atoms with Gasteiger partial charge in [-0.25, -0.2) is 0 Å². The smallest absolute Gasteiger partial charge is 0.0541 e. The molecule has 0 aliphatic heterocycles. The summed E-state index contributed by atoms with van der Waals surface area (Å²) in [6.45, 7) is 0. The molecule has 3 nitrogen and oxygen atoms in total. The van der Waals surface area contributed by atoms with Crippen molar-refractivity contribution in [2.75, 3.05) is 4.90 Å². The van der Waals surface area contributed by atoms with E-state index in [0.717, 1.165) is 28.4 Å². The van der Waals surface area contributed by atoms with Crippen LogP contribution < -0.4 is 4.90 Å². The number of hydrogen-bond acceptors (Lipinski definition) is 1. The van der Waals surface area contributed by atoms with Gasteiger partial charge in [0, 0.05) is 49.9 Å². The minimum Gasteiger partial charge on any atom is -0.310 e. The van der Waals surface area contributed by atoms with Crippen molar-refractivity contribution < 1.29 is 0 Å². The molecule has 12 aromatic rings. The first-order valence-electron chi connectivity index (χ1n) is 21.6. The van der Waals surface area contributed by atoms with E-state index in [9.17, 15) is 0 Å². The van der Waals surface area contributed by atoms with Gasteiger partial charge in [-0.1, -0.05) is 158 Å². The highest BCUT2D eigenvalue weighted by Crippen LogP contribution is 2.43. The zero-order valence-corrected chi connectivity index (χ0v) is 34.5. The highest BCUT2D eigenvalue weighted by atomic mass is 15.1. The van der Waals surface area contributed by atoms with Crippen molar-refractivity contribution in [1.29, 1.82) is 0 Å². The Labute approximate surface area is 366 Å². The van der Waals surface area contributed by atoms with E-state index >= 15 is 0 Å². The predicted octanol–water partition coefficient (Wildman–Crippen LogP) is 16.4. The largest absolute Gasteiger partial charge is 0.310 e. The summed E-state index contributed by atoms with van der Waals surface area (Å²) in [5, 5.41) is 4.99. The number of aromatic nitrogens is 2. The molecular weight excluding hydrogens is 763 g/mol. The van der Waals surface area contributed by atoms with Gasteiger partial charge in [-0.3, -0.25) is 0 Å². The lowest BCUT2D eigenvalue weighted by atomic mass is 9.99. The summed E-state index contributed by atoms with van der Waals surface area (Å²) in [6.07, 6.45) is 0. The molecule has 2 heterocycles. The van der Waals surface area contributed by atoms with Gasteiger partial charge in [0.15, 0.2) is 0 Å². The third kappa shape index (κ3) is 6.29. The zero-order valence-electron chi connectivity index (χ0n) is 34.5. The summed E-state index contributed by atoms with van der Waals surface area (Å²) in [5.74, 6) is 0. The van der Waals surface area contributed by atoms with Crippen molar-refractivity contribution in [3.8, 4) is 44.8 Å². The SMILES string of the molecule is c1ccc(-c2ccccc2N(c2ccc(-c3ccc4c(c3)c3ccccc3n4-c3ccccc3)cc2)c2ccc(-c3ccc4c(c3)c3ccccc3n4-c3ccccc3)cc2)cc1. The molecule has 0 radical (unpaired) electrons. The van der Waals surface area contributed by atoms with Gasteiger partial charge in [0.2, 0.25) is 0 Å². The van der Waals surface area contributed by atoms with Crippen LogP contribution in [0.25, 0.3) is 88.4 Å². The third-order valence-electron chi connectivity index (χ3n) is 12.5. The predicted molar refractivity (Wildman–Crippen MR) is 266 cm³/mol. The molecular formula is C60H41N3. The molecule has 0 fully saturated rings. The normalized spacial score (nSPS) is 11.5. The van der Waals surface area contributed by atoms with Crippen molar-refractivity contribution in [2.24, 2.45) is 0 Å². The lowest BCUT2D eigenvalue weighted by molar-refractivity contribution is 1.18. The van der Waals surface area contributed by atoms with Crippen LogP contribution in [0.5, 0.6) is 0 Å². The fourth-order valence-electron chi connectivity index (χ4n) is 9.58. The minimum atomic E-state index is 1.09. The Morgan fingerprint density at radius 1 is 0.254 bits per heavy atom. The first-order chi connectivity index (χ1) is 31.3. The van der Waals surface area contributed by atoms with E-state index in [1.165, 1.54) is 77.0 Å². The van der Waals surface area contributed by atoms with E-state index in [1.807, 2.05) is 0 Å². The van der Waals surface area contributed by atoms with Crippen LogP contribution in [0.3, 0.4) is 0 Å². The van der Waals surface area contributed by atoms with E-state index in [1.54, 1.807) is 0 Å². The van der Waals surface area contributed by atoms with Crippen LogP contribution >= 0.6 is 0 Å². The van der Waals surface area contributed by atoms with Gasteiger partial charge in [0.1, 0.15) is 0 Å². The molecule has 0 aliphatic carbocycles. The van der Waals surface area contributed by atoms with Crippen LogP contribution in [0.15, 0.2) is 249 Å². The topological polar surface area (TPSA) is 13.1 Å². The summed E-state index contributed by atoms with van der Waals surface area (Å²) in [6, 6.07) is 90.0. The molecule has 0 atom stereocenters. The fraction of sp³-hybridized carbons (Fsp3) is 0. The first kappa shape index (κ1) is 36.5. The highest BCUT2D eigenvalue weighted by Gasteiger charge is 2.19. The third-order valence-corrected chi connectivity index (χ3v) is 12.5. The molecule has 0 bridgehead atoms. The molecule has 0 amide bonds. The number of rotatable bonds is 8. The molecule has 0 aliphatic rings. The van der Waals surface area contributed by atoms with Crippen molar-refractivity contribution in [3.05, 3.63) is 249 Å².